The molecule has 0 radical (unpaired) electrons. The molecule has 1 saturated heterocycles. The Kier molecular flexibility index (Phi) is 4.09. The Bertz CT molecular complexity index is 562. The average molecular weight is 315 g/mol. The highest BCUT2D eigenvalue weighted by Crippen LogP contribution is 2.51. The van der Waals surface area contributed by atoms with Crippen molar-refractivity contribution < 1.29 is 22.3 Å². The molecule has 3 rings (SSSR count). The van der Waals surface area contributed by atoms with Crippen LogP contribution in [0, 0.1) is 5.41 Å². The average Bonchev–Trinajstić information content (AvgIpc) is 3.02. The van der Waals surface area contributed by atoms with Gasteiger partial charge in [-0.3, -0.25) is 0 Å². The van der Waals surface area contributed by atoms with E-state index < -0.39 is 10.0 Å². The van der Waals surface area contributed by atoms with E-state index in [1.165, 1.54) is 12.3 Å². The molecule has 7 heteroatoms. The summed E-state index contributed by atoms with van der Waals surface area (Å²) in [5, 5.41) is -0.0374. The van der Waals surface area contributed by atoms with Crippen molar-refractivity contribution in [3.63, 3.8) is 0 Å². The molecule has 6 nitrogen and oxygen atoms in total. The maximum atomic E-state index is 12.3. The first-order chi connectivity index (χ1) is 10.1. The van der Waals surface area contributed by atoms with E-state index in [9.17, 15) is 8.42 Å². The number of hydrogen-bond acceptors (Lipinski definition) is 5. The van der Waals surface area contributed by atoms with E-state index in [1.54, 1.807) is 6.07 Å². The summed E-state index contributed by atoms with van der Waals surface area (Å²) in [6.45, 7) is 3.92. The molecule has 1 aromatic heterocycles. The fourth-order valence-electron chi connectivity index (χ4n) is 3.43. The monoisotopic (exact) mass is 315 g/mol. The maximum Gasteiger partial charge on any atom is 0.274 e. The quantitative estimate of drug-likeness (QED) is 0.891. The lowest BCUT2D eigenvalue weighted by atomic mass is 9.58. The van der Waals surface area contributed by atoms with E-state index in [-0.39, 0.29) is 22.7 Å². The Labute approximate surface area is 124 Å². The third-order valence-corrected chi connectivity index (χ3v) is 5.99. The molecule has 21 heavy (non-hydrogen) atoms. The summed E-state index contributed by atoms with van der Waals surface area (Å²) in [5.41, 5.74) is -0.145. The van der Waals surface area contributed by atoms with E-state index >= 15 is 0 Å². The van der Waals surface area contributed by atoms with E-state index in [4.69, 9.17) is 13.9 Å². The van der Waals surface area contributed by atoms with Gasteiger partial charge in [-0.2, -0.15) is 0 Å². The molecule has 2 fully saturated rings. The zero-order valence-corrected chi connectivity index (χ0v) is 12.9. The number of nitrogens with one attached hydrogen (secondary N) is 1. The Morgan fingerprint density at radius 3 is 2.81 bits per heavy atom. The van der Waals surface area contributed by atoms with Crippen LogP contribution in [0.4, 0.5) is 0 Å². The van der Waals surface area contributed by atoms with Crippen molar-refractivity contribution >= 4 is 10.0 Å². The molecule has 1 saturated carbocycles. The first kappa shape index (κ1) is 15.0. The summed E-state index contributed by atoms with van der Waals surface area (Å²) < 4.78 is 43.6. The zero-order chi connectivity index (χ0) is 14.9. The van der Waals surface area contributed by atoms with Crippen LogP contribution in [0.2, 0.25) is 0 Å². The highest BCUT2D eigenvalue weighted by atomic mass is 32.2. The van der Waals surface area contributed by atoms with Crippen LogP contribution in [-0.4, -0.2) is 40.4 Å². The summed E-state index contributed by atoms with van der Waals surface area (Å²) >= 11 is 0. The van der Waals surface area contributed by atoms with Crippen molar-refractivity contribution in [2.24, 2.45) is 5.41 Å². The highest BCUT2D eigenvalue weighted by Gasteiger charge is 2.57. The molecule has 1 spiro atoms. The summed E-state index contributed by atoms with van der Waals surface area (Å²) in [4.78, 5) is 0. The third kappa shape index (κ3) is 2.63. The van der Waals surface area contributed by atoms with Crippen LogP contribution in [0.1, 0.15) is 26.2 Å². The van der Waals surface area contributed by atoms with Crippen LogP contribution >= 0.6 is 0 Å². The molecule has 1 aliphatic carbocycles. The zero-order valence-electron chi connectivity index (χ0n) is 12.1. The minimum atomic E-state index is -3.60. The van der Waals surface area contributed by atoms with Gasteiger partial charge in [-0.15, -0.1) is 0 Å². The second kappa shape index (κ2) is 5.72. The van der Waals surface area contributed by atoms with Gasteiger partial charge < -0.3 is 13.9 Å². The molecule has 2 atom stereocenters. The lowest BCUT2D eigenvalue weighted by molar-refractivity contribution is -0.168. The highest BCUT2D eigenvalue weighted by molar-refractivity contribution is 7.89. The predicted molar refractivity (Wildman–Crippen MR) is 75.3 cm³/mol. The minimum absolute atomic E-state index is 0.0374. The van der Waals surface area contributed by atoms with Gasteiger partial charge >= 0.3 is 0 Å². The molecule has 2 aliphatic rings. The Hall–Kier alpha value is -0.890. The van der Waals surface area contributed by atoms with Crippen molar-refractivity contribution in [2.45, 2.75) is 43.4 Å². The standard InChI is InChI=1S/C14H21NO5S/c1-2-19-12-10-11(14(12)5-8-18-9-6-14)15-21(16,17)13-4-3-7-20-13/h3-4,7,11-12,15H,2,5-6,8-10H2,1H3/t11-,12+/m0/s1. The number of ether oxygens (including phenoxy) is 2. The topological polar surface area (TPSA) is 77.8 Å². The Morgan fingerprint density at radius 1 is 1.43 bits per heavy atom. The SMILES string of the molecule is CCO[C@@H]1C[C@H](NS(=O)(=O)c2ccco2)C12CCOCC2. The molecule has 0 bridgehead atoms. The molecular weight excluding hydrogens is 294 g/mol. The lowest BCUT2D eigenvalue weighted by Gasteiger charge is -2.57. The lowest BCUT2D eigenvalue weighted by Crippen LogP contribution is -2.66. The summed E-state index contributed by atoms with van der Waals surface area (Å²) in [6, 6.07) is 2.91. The van der Waals surface area contributed by atoms with Gasteiger partial charge in [0.05, 0.1) is 12.4 Å². The molecule has 0 aromatic carbocycles. The van der Waals surface area contributed by atoms with Crippen molar-refractivity contribution in [2.75, 3.05) is 19.8 Å². The van der Waals surface area contributed by atoms with Gasteiger partial charge in [-0.25, -0.2) is 13.1 Å². The van der Waals surface area contributed by atoms with Crippen molar-refractivity contribution in [3.8, 4) is 0 Å². The molecule has 118 valence electrons. The van der Waals surface area contributed by atoms with Crippen molar-refractivity contribution in [1.82, 2.24) is 4.72 Å². The summed E-state index contributed by atoms with van der Waals surface area (Å²) in [7, 11) is -3.60. The normalized spacial score (nSPS) is 28.4. The molecule has 1 aliphatic heterocycles. The first-order valence-corrected chi connectivity index (χ1v) is 8.82. The van der Waals surface area contributed by atoms with E-state index in [2.05, 4.69) is 4.72 Å². The Balaban J connectivity index is 1.76. The predicted octanol–water partition coefficient (Wildman–Crippen LogP) is 1.53. The van der Waals surface area contributed by atoms with Gasteiger partial charge in [-0.1, -0.05) is 0 Å². The third-order valence-electron chi connectivity index (χ3n) is 4.63. The van der Waals surface area contributed by atoms with Crippen molar-refractivity contribution in [3.05, 3.63) is 18.4 Å². The molecule has 1 N–H and O–H groups in total. The summed E-state index contributed by atoms with van der Waals surface area (Å²) in [5.74, 6) is 0. The van der Waals surface area contributed by atoms with E-state index in [0.717, 1.165) is 12.8 Å². The molecule has 0 amide bonds. The van der Waals surface area contributed by atoms with Gasteiger partial charge in [0.25, 0.3) is 10.0 Å². The minimum Gasteiger partial charge on any atom is -0.452 e. The number of hydrogen-bond donors (Lipinski definition) is 1. The molecule has 1 aromatic rings. The summed E-state index contributed by atoms with van der Waals surface area (Å²) in [6.07, 6.45) is 3.82. The second-order valence-electron chi connectivity index (χ2n) is 5.63. The maximum absolute atomic E-state index is 12.3. The first-order valence-electron chi connectivity index (χ1n) is 7.34. The van der Waals surface area contributed by atoms with Gasteiger partial charge in [0.1, 0.15) is 0 Å². The van der Waals surface area contributed by atoms with Crippen molar-refractivity contribution in [1.29, 1.82) is 0 Å². The van der Waals surface area contributed by atoms with Gasteiger partial charge in [0, 0.05) is 31.3 Å². The van der Waals surface area contributed by atoms with Crippen LogP contribution < -0.4 is 4.72 Å². The molecular formula is C14H21NO5S. The largest absolute Gasteiger partial charge is 0.452 e. The van der Waals surface area contributed by atoms with Gasteiger partial charge in [-0.05, 0) is 38.3 Å². The Morgan fingerprint density at radius 2 is 2.19 bits per heavy atom. The van der Waals surface area contributed by atoms with Crippen LogP contribution in [0.5, 0.6) is 0 Å². The van der Waals surface area contributed by atoms with Crippen LogP contribution in [0.3, 0.4) is 0 Å². The van der Waals surface area contributed by atoms with Crippen LogP contribution in [0.15, 0.2) is 27.9 Å². The number of sulfonamides is 1. The molecule has 0 unspecified atom stereocenters. The van der Waals surface area contributed by atoms with Gasteiger partial charge in [0.15, 0.2) is 0 Å². The number of furan rings is 1. The van der Waals surface area contributed by atoms with E-state index in [1.807, 2.05) is 6.92 Å². The fourth-order valence-corrected chi connectivity index (χ4v) is 4.69. The van der Waals surface area contributed by atoms with E-state index in [0.29, 0.717) is 26.2 Å². The van der Waals surface area contributed by atoms with Crippen LogP contribution in [-0.2, 0) is 19.5 Å². The smallest absolute Gasteiger partial charge is 0.274 e. The molecule has 2 heterocycles. The number of rotatable bonds is 5. The van der Waals surface area contributed by atoms with Gasteiger partial charge in [0.2, 0.25) is 5.09 Å². The second-order valence-corrected chi connectivity index (χ2v) is 7.28. The van der Waals surface area contributed by atoms with Crippen LogP contribution in [0.25, 0.3) is 0 Å². The fraction of sp³-hybridized carbons (Fsp3) is 0.714.